The topological polar surface area (TPSA) is 89.8 Å². The van der Waals surface area contributed by atoms with Crippen LogP contribution >= 0.6 is 0 Å². The fraction of sp³-hybridized carbons (Fsp3) is 0.182. The Hall–Kier alpha value is -3.07. The Labute approximate surface area is 174 Å². The molecule has 8 heteroatoms. The van der Waals surface area contributed by atoms with E-state index >= 15 is 0 Å². The predicted octanol–water partition coefficient (Wildman–Crippen LogP) is 4.71. The third-order valence-corrected chi connectivity index (χ3v) is 6.82. The molecule has 0 aromatic heterocycles. The fourth-order valence-electron chi connectivity index (χ4n) is 3.51. The molecule has 1 saturated heterocycles. The minimum Gasteiger partial charge on any atom is -0.275 e. The lowest BCUT2D eigenvalue weighted by Gasteiger charge is -2.22. The molecule has 2 unspecified atom stereocenters. The van der Waals surface area contributed by atoms with E-state index in [-0.39, 0.29) is 10.6 Å². The van der Waals surface area contributed by atoms with Crippen LogP contribution in [0, 0.1) is 17.0 Å². The van der Waals surface area contributed by atoms with Crippen molar-refractivity contribution < 1.29 is 18.2 Å². The van der Waals surface area contributed by atoms with Crippen LogP contribution in [-0.4, -0.2) is 17.8 Å². The Bertz CT molecular complexity index is 1150. The van der Waals surface area contributed by atoms with Crippen molar-refractivity contribution in [2.24, 2.45) is 0 Å². The SMILES string of the molecule is Cc1ccc(C2CC(c3ccccc3)N(S(=O)(=O)c3ccc([N+](=O)[O-])cc3)O2)cc1. The predicted molar refractivity (Wildman–Crippen MR) is 111 cm³/mol. The smallest absolute Gasteiger partial charge is 0.269 e. The molecule has 1 aliphatic heterocycles. The number of nitro benzene ring substituents is 1. The summed E-state index contributed by atoms with van der Waals surface area (Å²) >= 11 is 0. The fourth-order valence-corrected chi connectivity index (χ4v) is 4.96. The lowest BCUT2D eigenvalue weighted by atomic mass is 9.98. The van der Waals surface area contributed by atoms with Gasteiger partial charge in [-0.15, -0.1) is 0 Å². The standard InChI is InChI=1S/C22H20N2O5S/c1-16-7-9-18(10-8-16)22-15-21(17-5-3-2-4-6-17)24(29-22)30(27,28)20-13-11-19(12-14-20)23(25)26/h2-14,21-22H,15H2,1H3. The number of hydroxylamine groups is 1. The summed E-state index contributed by atoms with van der Waals surface area (Å²) in [5.74, 6) is 0. The molecule has 0 bridgehead atoms. The summed E-state index contributed by atoms with van der Waals surface area (Å²) in [6.07, 6.45) is 0.0304. The largest absolute Gasteiger partial charge is 0.275 e. The first kappa shape index (κ1) is 20.2. The number of sulfonamides is 1. The highest BCUT2D eigenvalue weighted by atomic mass is 32.2. The van der Waals surface area contributed by atoms with Crippen LogP contribution in [0.15, 0.2) is 83.8 Å². The van der Waals surface area contributed by atoms with Crippen LogP contribution in [0.1, 0.15) is 35.3 Å². The molecule has 0 saturated carbocycles. The molecule has 30 heavy (non-hydrogen) atoms. The van der Waals surface area contributed by atoms with E-state index in [2.05, 4.69) is 0 Å². The van der Waals surface area contributed by atoms with Gasteiger partial charge in [-0.1, -0.05) is 64.6 Å². The van der Waals surface area contributed by atoms with Crippen molar-refractivity contribution in [2.45, 2.75) is 30.4 Å². The van der Waals surface area contributed by atoms with Gasteiger partial charge in [-0.3, -0.25) is 15.0 Å². The number of nitro groups is 1. The number of benzene rings is 3. The molecule has 4 rings (SSSR count). The van der Waals surface area contributed by atoms with Crippen LogP contribution in [-0.2, 0) is 14.9 Å². The van der Waals surface area contributed by atoms with E-state index in [1.807, 2.05) is 61.5 Å². The highest BCUT2D eigenvalue weighted by Gasteiger charge is 2.43. The van der Waals surface area contributed by atoms with Crippen LogP contribution in [0.5, 0.6) is 0 Å². The van der Waals surface area contributed by atoms with E-state index in [0.717, 1.165) is 21.2 Å². The first-order valence-electron chi connectivity index (χ1n) is 9.43. The van der Waals surface area contributed by atoms with Crippen molar-refractivity contribution in [2.75, 3.05) is 0 Å². The Morgan fingerprint density at radius 1 is 0.933 bits per heavy atom. The molecule has 3 aromatic rings. The second-order valence-electron chi connectivity index (χ2n) is 7.18. The lowest BCUT2D eigenvalue weighted by Crippen LogP contribution is -2.29. The van der Waals surface area contributed by atoms with Gasteiger partial charge in [0.2, 0.25) is 0 Å². The van der Waals surface area contributed by atoms with Crippen molar-refractivity contribution in [1.82, 2.24) is 4.47 Å². The van der Waals surface area contributed by atoms with Gasteiger partial charge >= 0.3 is 0 Å². The summed E-state index contributed by atoms with van der Waals surface area (Å²) < 4.78 is 27.8. The number of hydrogen-bond acceptors (Lipinski definition) is 5. The van der Waals surface area contributed by atoms with Gasteiger partial charge in [-0.05, 0) is 30.2 Å². The van der Waals surface area contributed by atoms with Crippen molar-refractivity contribution in [3.8, 4) is 0 Å². The van der Waals surface area contributed by atoms with Crippen LogP contribution in [0.25, 0.3) is 0 Å². The Morgan fingerprint density at radius 3 is 2.17 bits per heavy atom. The minimum atomic E-state index is -4.04. The van der Waals surface area contributed by atoms with Crippen LogP contribution in [0.2, 0.25) is 0 Å². The molecule has 7 nitrogen and oxygen atoms in total. The van der Waals surface area contributed by atoms with Crippen LogP contribution < -0.4 is 0 Å². The molecule has 1 fully saturated rings. The molecule has 0 spiro atoms. The van der Waals surface area contributed by atoms with E-state index in [1.165, 1.54) is 24.3 Å². The van der Waals surface area contributed by atoms with Gasteiger partial charge in [0.1, 0.15) is 6.10 Å². The summed E-state index contributed by atoms with van der Waals surface area (Å²) in [5, 5.41) is 10.9. The van der Waals surface area contributed by atoms with Crippen LogP contribution in [0.4, 0.5) is 5.69 Å². The second-order valence-corrected chi connectivity index (χ2v) is 8.96. The van der Waals surface area contributed by atoms with Gasteiger partial charge in [0.15, 0.2) is 0 Å². The molecule has 0 N–H and O–H groups in total. The van der Waals surface area contributed by atoms with E-state index in [4.69, 9.17) is 4.84 Å². The number of nitrogens with zero attached hydrogens (tertiary/aromatic N) is 2. The highest BCUT2D eigenvalue weighted by molar-refractivity contribution is 7.89. The van der Waals surface area contributed by atoms with Crippen molar-refractivity contribution in [3.05, 3.63) is 106 Å². The average molecular weight is 424 g/mol. The van der Waals surface area contributed by atoms with Gasteiger partial charge in [0.25, 0.3) is 15.7 Å². The van der Waals surface area contributed by atoms with Gasteiger partial charge in [0, 0.05) is 18.6 Å². The molecule has 2 atom stereocenters. The molecule has 1 heterocycles. The van der Waals surface area contributed by atoms with Crippen molar-refractivity contribution in [3.63, 3.8) is 0 Å². The van der Waals surface area contributed by atoms with E-state index in [9.17, 15) is 18.5 Å². The third kappa shape index (κ3) is 3.85. The van der Waals surface area contributed by atoms with E-state index in [1.54, 1.807) is 0 Å². The Morgan fingerprint density at radius 2 is 1.57 bits per heavy atom. The summed E-state index contributed by atoms with van der Waals surface area (Å²) in [6, 6.07) is 21.4. The summed E-state index contributed by atoms with van der Waals surface area (Å²) in [7, 11) is -4.04. The molecule has 0 amide bonds. The first-order valence-corrected chi connectivity index (χ1v) is 10.9. The summed E-state index contributed by atoms with van der Waals surface area (Å²) in [6.45, 7) is 1.98. The zero-order chi connectivity index (χ0) is 21.3. The molecule has 1 aliphatic rings. The maximum absolute atomic E-state index is 13.4. The molecule has 154 valence electrons. The monoisotopic (exact) mass is 424 g/mol. The maximum Gasteiger partial charge on any atom is 0.269 e. The quantitative estimate of drug-likeness (QED) is 0.437. The van der Waals surface area contributed by atoms with Gasteiger partial charge in [-0.2, -0.15) is 0 Å². The van der Waals surface area contributed by atoms with Gasteiger partial charge in [-0.25, -0.2) is 8.42 Å². The Balaban J connectivity index is 1.72. The number of hydrogen-bond donors (Lipinski definition) is 0. The zero-order valence-electron chi connectivity index (χ0n) is 16.2. The summed E-state index contributed by atoms with van der Waals surface area (Å²) in [4.78, 5) is 16.2. The van der Waals surface area contributed by atoms with Crippen molar-refractivity contribution in [1.29, 1.82) is 0 Å². The summed E-state index contributed by atoms with van der Waals surface area (Å²) in [5.41, 5.74) is 2.64. The van der Waals surface area contributed by atoms with Gasteiger partial charge in [0.05, 0.1) is 15.9 Å². The molecular weight excluding hydrogens is 404 g/mol. The molecule has 0 aliphatic carbocycles. The third-order valence-electron chi connectivity index (χ3n) is 5.14. The number of aryl methyl sites for hydroxylation is 1. The minimum absolute atomic E-state index is 0.0569. The Kier molecular flexibility index (Phi) is 5.38. The van der Waals surface area contributed by atoms with E-state index in [0.29, 0.717) is 6.42 Å². The first-order chi connectivity index (χ1) is 14.4. The zero-order valence-corrected chi connectivity index (χ0v) is 17.0. The van der Waals surface area contributed by atoms with Crippen molar-refractivity contribution >= 4 is 15.7 Å². The lowest BCUT2D eigenvalue weighted by molar-refractivity contribution is -0.384. The van der Waals surface area contributed by atoms with E-state index < -0.39 is 27.1 Å². The normalized spacial score (nSPS) is 19.6. The second kappa shape index (κ2) is 7.98. The van der Waals surface area contributed by atoms with Gasteiger partial charge < -0.3 is 0 Å². The molecule has 3 aromatic carbocycles. The maximum atomic E-state index is 13.4. The highest BCUT2D eigenvalue weighted by Crippen LogP contribution is 2.44. The molecule has 0 radical (unpaired) electrons. The van der Waals surface area contributed by atoms with Crippen LogP contribution in [0.3, 0.4) is 0 Å². The molecular formula is C22H20N2O5S. The average Bonchev–Trinajstić information content (AvgIpc) is 3.21. The number of non-ortho nitro benzene ring substituents is 1. The number of rotatable bonds is 5.